The summed E-state index contributed by atoms with van der Waals surface area (Å²) >= 11 is 0. The Morgan fingerprint density at radius 1 is 1.31 bits per heavy atom. The minimum Gasteiger partial charge on any atom is -0.330 e. The van der Waals surface area contributed by atoms with Crippen LogP contribution in [0.2, 0.25) is 0 Å². The molecule has 0 bridgehead atoms. The summed E-state index contributed by atoms with van der Waals surface area (Å²) < 4.78 is 1.89. The summed E-state index contributed by atoms with van der Waals surface area (Å²) in [4.78, 5) is 0. The fourth-order valence-electron chi connectivity index (χ4n) is 1.99. The number of nitrogens with two attached hydrogens (primary N) is 1. The van der Waals surface area contributed by atoms with Gasteiger partial charge in [-0.15, -0.1) is 0 Å². The van der Waals surface area contributed by atoms with Crippen LogP contribution >= 0.6 is 0 Å². The fourth-order valence-corrected chi connectivity index (χ4v) is 1.99. The summed E-state index contributed by atoms with van der Waals surface area (Å²) in [6, 6.07) is 10.3. The zero-order chi connectivity index (χ0) is 11.5. The molecule has 1 heterocycles. The van der Waals surface area contributed by atoms with Crippen molar-refractivity contribution in [2.75, 3.05) is 6.54 Å². The molecule has 0 radical (unpaired) electrons. The molecule has 1 aromatic heterocycles. The first-order valence-corrected chi connectivity index (χ1v) is 5.47. The molecule has 3 heteroatoms. The van der Waals surface area contributed by atoms with Crippen LogP contribution in [0.3, 0.4) is 0 Å². The van der Waals surface area contributed by atoms with Crippen LogP contribution < -0.4 is 5.73 Å². The first-order valence-electron chi connectivity index (χ1n) is 5.47. The van der Waals surface area contributed by atoms with Crippen LogP contribution in [0.4, 0.5) is 0 Å². The van der Waals surface area contributed by atoms with E-state index in [2.05, 4.69) is 24.2 Å². The van der Waals surface area contributed by atoms with Crippen molar-refractivity contribution in [3.05, 3.63) is 53.3 Å². The Morgan fingerprint density at radius 2 is 2.00 bits per heavy atom. The molecule has 0 saturated heterocycles. The lowest BCUT2D eigenvalue weighted by Gasteiger charge is -2.14. The van der Waals surface area contributed by atoms with E-state index in [0.29, 0.717) is 6.54 Å². The quantitative estimate of drug-likeness (QED) is 0.848. The molecule has 0 spiro atoms. The lowest BCUT2D eigenvalue weighted by atomic mass is 9.92. The van der Waals surface area contributed by atoms with Crippen LogP contribution in [0.1, 0.15) is 22.7 Å². The zero-order valence-corrected chi connectivity index (χ0v) is 9.72. The summed E-state index contributed by atoms with van der Waals surface area (Å²) in [7, 11) is 1.96. The van der Waals surface area contributed by atoms with Crippen molar-refractivity contribution in [2.45, 2.75) is 12.8 Å². The molecule has 2 N–H and O–H groups in total. The first kappa shape index (κ1) is 10.9. The molecule has 3 nitrogen and oxygen atoms in total. The van der Waals surface area contributed by atoms with Gasteiger partial charge in [-0.1, -0.05) is 30.3 Å². The smallest absolute Gasteiger partial charge is 0.0531 e. The van der Waals surface area contributed by atoms with Crippen LogP contribution in [-0.4, -0.2) is 16.3 Å². The fraction of sp³-hybridized carbons (Fsp3) is 0.308. The molecule has 0 aliphatic carbocycles. The maximum absolute atomic E-state index is 5.88. The molecular weight excluding hydrogens is 198 g/mol. The van der Waals surface area contributed by atoms with Crippen molar-refractivity contribution in [1.29, 1.82) is 0 Å². The lowest BCUT2D eigenvalue weighted by molar-refractivity contribution is 0.731. The Kier molecular flexibility index (Phi) is 3.06. The maximum atomic E-state index is 5.88. The molecule has 0 aliphatic heterocycles. The van der Waals surface area contributed by atoms with Gasteiger partial charge in [0, 0.05) is 30.8 Å². The Bertz CT molecular complexity index is 459. The molecule has 0 saturated carbocycles. The highest BCUT2D eigenvalue weighted by atomic mass is 15.3. The van der Waals surface area contributed by atoms with Crippen LogP contribution in [0.5, 0.6) is 0 Å². The Balaban J connectivity index is 2.41. The summed E-state index contributed by atoms with van der Waals surface area (Å²) in [5.74, 6) is 0.245. The average Bonchev–Trinajstić information content (AvgIpc) is 2.64. The third kappa shape index (κ3) is 1.86. The van der Waals surface area contributed by atoms with Gasteiger partial charge < -0.3 is 5.73 Å². The second-order valence-electron chi connectivity index (χ2n) is 4.01. The van der Waals surface area contributed by atoms with E-state index >= 15 is 0 Å². The highest BCUT2D eigenvalue weighted by molar-refractivity contribution is 5.33. The van der Waals surface area contributed by atoms with Gasteiger partial charge in [-0.3, -0.25) is 4.68 Å². The van der Waals surface area contributed by atoms with Gasteiger partial charge in [-0.25, -0.2) is 0 Å². The third-order valence-corrected chi connectivity index (χ3v) is 3.09. The molecule has 1 atom stereocenters. The van der Waals surface area contributed by atoms with Gasteiger partial charge in [0.05, 0.1) is 6.20 Å². The van der Waals surface area contributed by atoms with Crippen molar-refractivity contribution in [3.8, 4) is 0 Å². The SMILES string of the molecule is Cc1c(C(CN)c2ccccc2)cnn1C. The number of hydrogen-bond donors (Lipinski definition) is 1. The number of rotatable bonds is 3. The van der Waals surface area contributed by atoms with Crippen molar-refractivity contribution in [3.63, 3.8) is 0 Å². The number of aromatic nitrogens is 2. The molecule has 0 amide bonds. The second kappa shape index (κ2) is 4.49. The van der Waals surface area contributed by atoms with E-state index in [-0.39, 0.29) is 5.92 Å². The van der Waals surface area contributed by atoms with E-state index in [0.717, 1.165) is 0 Å². The van der Waals surface area contributed by atoms with Crippen molar-refractivity contribution >= 4 is 0 Å². The minimum atomic E-state index is 0.245. The molecule has 1 aromatic carbocycles. The normalized spacial score (nSPS) is 12.7. The van der Waals surface area contributed by atoms with E-state index in [4.69, 9.17) is 5.73 Å². The van der Waals surface area contributed by atoms with Crippen LogP contribution in [0, 0.1) is 6.92 Å². The number of hydrogen-bond acceptors (Lipinski definition) is 2. The molecular formula is C13H17N3. The molecule has 16 heavy (non-hydrogen) atoms. The summed E-state index contributed by atoms with van der Waals surface area (Å²) in [6.45, 7) is 2.68. The van der Waals surface area contributed by atoms with E-state index in [1.165, 1.54) is 16.8 Å². The number of benzene rings is 1. The number of nitrogens with zero attached hydrogens (tertiary/aromatic N) is 2. The van der Waals surface area contributed by atoms with Gasteiger partial charge in [0.15, 0.2) is 0 Å². The lowest BCUT2D eigenvalue weighted by Crippen LogP contribution is -2.14. The van der Waals surface area contributed by atoms with E-state index in [1.54, 1.807) is 0 Å². The summed E-state index contributed by atoms with van der Waals surface area (Å²) in [5.41, 5.74) is 9.53. The Labute approximate surface area is 95.9 Å². The van der Waals surface area contributed by atoms with Gasteiger partial charge >= 0.3 is 0 Å². The van der Waals surface area contributed by atoms with E-state index in [1.807, 2.05) is 36.1 Å². The molecule has 2 aromatic rings. The predicted molar refractivity (Wildman–Crippen MR) is 65.3 cm³/mol. The summed E-state index contributed by atoms with van der Waals surface area (Å²) in [5, 5.41) is 4.27. The zero-order valence-electron chi connectivity index (χ0n) is 9.72. The van der Waals surface area contributed by atoms with Gasteiger partial charge in [-0.2, -0.15) is 5.10 Å². The second-order valence-corrected chi connectivity index (χ2v) is 4.01. The number of aryl methyl sites for hydroxylation is 1. The molecule has 0 fully saturated rings. The molecule has 0 aliphatic rings. The van der Waals surface area contributed by atoms with Crippen LogP contribution in [-0.2, 0) is 7.05 Å². The van der Waals surface area contributed by atoms with Crippen LogP contribution in [0.25, 0.3) is 0 Å². The highest BCUT2D eigenvalue weighted by Crippen LogP contribution is 2.25. The highest BCUT2D eigenvalue weighted by Gasteiger charge is 2.16. The van der Waals surface area contributed by atoms with Gasteiger partial charge in [0.25, 0.3) is 0 Å². The van der Waals surface area contributed by atoms with Gasteiger partial charge in [-0.05, 0) is 12.5 Å². The largest absolute Gasteiger partial charge is 0.330 e. The van der Waals surface area contributed by atoms with E-state index < -0.39 is 0 Å². The van der Waals surface area contributed by atoms with Crippen molar-refractivity contribution < 1.29 is 0 Å². The Hall–Kier alpha value is -1.61. The van der Waals surface area contributed by atoms with E-state index in [9.17, 15) is 0 Å². The minimum absolute atomic E-state index is 0.245. The van der Waals surface area contributed by atoms with Gasteiger partial charge in [0.2, 0.25) is 0 Å². The molecule has 84 valence electrons. The molecule has 2 rings (SSSR count). The van der Waals surface area contributed by atoms with Gasteiger partial charge in [0.1, 0.15) is 0 Å². The summed E-state index contributed by atoms with van der Waals surface area (Å²) in [6.07, 6.45) is 1.92. The maximum Gasteiger partial charge on any atom is 0.0531 e. The molecule has 1 unspecified atom stereocenters. The first-order chi connectivity index (χ1) is 7.74. The average molecular weight is 215 g/mol. The monoisotopic (exact) mass is 215 g/mol. The predicted octanol–water partition coefficient (Wildman–Crippen LogP) is 1.82. The topological polar surface area (TPSA) is 43.8 Å². The Morgan fingerprint density at radius 3 is 2.50 bits per heavy atom. The van der Waals surface area contributed by atoms with Crippen molar-refractivity contribution in [2.24, 2.45) is 12.8 Å². The van der Waals surface area contributed by atoms with Crippen molar-refractivity contribution in [1.82, 2.24) is 9.78 Å². The standard InChI is InChI=1S/C13H17N3/c1-10-13(9-15-16(10)2)12(8-14)11-6-4-3-5-7-11/h3-7,9,12H,8,14H2,1-2H3. The third-order valence-electron chi connectivity index (χ3n) is 3.09. The van der Waals surface area contributed by atoms with Crippen LogP contribution in [0.15, 0.2) is 36.5 Å².